The number of nitrogens with one attached hydrogen (secondary N) is 3. The van der Waals surface area contributed by atoms with Crippen molar-refractivity contribution in [3.05, 3.63) is 33.8 Å². The van der Waals surface area contributed by atoms with Gasteiger partial charge in [-0.15, -0.1) is 24.0 Å². The zero-order chi connectivity index (χ0) is 17.2. The molecule has 0 aliphatic carbocycles. The summed E-state index contributed by atoms with van der Waals surface area (Å²) in [4.78, 5) is 15.7. The van der Waals surface area contributed by atoms with Crippen LogP contribution in [-0.4, -0.2) is 45.7 Å². The highest BCUT2D eigenvalue weighted by Crippen LogP contribution is 2.25. The summed E-state index contributed by atoms with van der Waals surface area (Å²) in [6.07, 6.45) is 0. The van der Waals surface area contributed by atoms with Gasteiger partial charge in [0.25, 0.3) is 0 Å². The quantitative estimate of drug-likeness (QED) is 0.239. The number of hydrogen-bond acceptors (Lipinski definition) is 3. The number of ether oxygens (including phenoxy) is 1. The summed E-state index contributed by atoms with van der Waals surface area (Å²) in [6.45, 7) is 3.04. The lowest BCUT2D eigenvalue weighted by atomic mass is 10.1. The van der Waals surface area contributed by atoms with Crippen molar-refractivity contribution in [2.75, 3.05) is 33.9 Å². The molecule has 3 N–H and O–H groups in total. The fraction of sp³-hybridized carbons (Fsp3) is 0.467. The van der Waals surface area contributed by atoms with Crippen LogP contribution in [0.1, 0.15) is 18.5 Å². The minimum Gasteiger partial charge on any atom is -0.383 e. The maximum atomic E-state index is 11.6. The maximum absolute atomic E-state index is 11.6. The van der Waals surface area contributed by atoms with Crippen molar-refractivity contribution in [2.45, 2.75) is 13.0 Å². The number of guanidine groups is 1. The van der Waals surface area contributed by atoms with Gasteiger partial charge in [-0.3, -0.25) is 9.79 Å². The second-order valence-electron chi connectivity index (χ2n) is 4.81. The number of rotatable bonds is 7. The Morgan fingerprint density at radius 1 is 1.29 bits per heavy atom. The average Bonchev–Trinajstić information content (AvgIpc) is 2.54. The molecule has 0 heterocycles. The Kier molecular flexibility index (Phi) is 12.2. The summed E-state index contributed by atoms with van der Waals surface area (Å²) < 4.78 is 4.87. The van der Waals surface area contributed by atoms with Crippen molar-refractivity contribution < 1.29 is 9.53 Å². The molecule has 0 aromatic heterocycles. The van der Waals surface area contributed by atoms with Crippen LogP contribution in [-0.2, 0) is 9.53 Å². The van der Waals surface area contributed by atoms with E-state index in [1.807, 2.05) is 13.0 Å². The smallest absolute Gasteiger partial charge is 0.239 e. The highest BCUT2D eigenvalue weighted by Gasteiger charge is 2.10. The van der Waals surface area contributed by atoms with E-state index in [2.05, 4.69) is 20.9 Å². The molecule has 0 aliphatic heterocycles. The number of halogens is 3. The van der Waals surface area contributed by atoms with Crippen molar-refractivity contribution >= 4 is 59.0 Å². The Morgan fingerprint density at radius 2 is 2.00 bits per heavy atom. The summed E-state index contributed by atoms with van der Waals surface area (Å²) in [6, 6.07) is 5.38. The number of carbonyl (C=O) groups excluding carboxylic acids is 1. The molecule has 1 unspecified atom stereocenters. The number of nitrogens with zero attached hydrogens (tertiary/aromatic N) is 1. The second kappa shape index (κ2) is 12.6. The molecule has 1 amide bonds. The van der Waals surface area contributed by atoms with Gasteiger partial charge in [0.2, 0.25) is 5.91 Å². The van der Waals surface area contributed by atoms with Crippen LogP contribution in [0.15, 0.2) is 23.2 Å². The van der Waals surface area contributed by atoms with E-state index >= 15 is 0 Å². The van der Waals surface area contributed by atoms with Gasteiger partial charge in [-0.1, -0.05) is 29.3 Å². The molecule has 136 valence electrons. The summed E-state index contributed by atoms with van der Waals surface area (Å²) in [7, 11) is 3.22. The minimum atomic E-state index is -0.132. The molecule has 1 aromatic carbocycles. The van der Waals surface area contributed by atoms with E-state index in [-0.39, 0.29) is 42.5 Å². The Balaban J connectivity index is 0.00000529. The lowest BCUT2D eigenvalue weighted by Gasteiger charge is -2.18. The number of methoxy groups -OCH3 is 1. The van der Waals surface area contributed by atoms with Gasteiger partial charge in [0, 0.05) is 20.7 Å². The Bertz CT molecular complexity index is 558. The first-order valence-corrected chi connectivity index (χ1v) is 7.91. The van der Waals surface area contributed by atoms with Crippen molar-refractivity contribution in [3.63, 3.8) is 0 Å². The van der Waals surface area contributed by atoms with Crippen LogP contribution in [0, 0.1) is 0 Å². The standard InChI is InChI=1S/C15H22Cl2N4O2.HI/c1-10(11-4-5-12(16)13(17)8-11)21-15(18-2)20-9-14(22)19-6-7-23-3;/h4-5,8,10H,6-7,9H2,1-3H3,(H,19,22)(H2,18,20,21);1H. The lowest BCUT2D eigenvalue weighted by Crippen LogP contribution is -2.44. The second-order valence-corrected chi connectivity index (χ2v) is 5.62. The molecular weight excluding hydrogens is 466 g/mol. The largest absolute Gasteiger partial charge is 0.383 e. The van der Waals surface area contributed by atoms with E-state index < -0.39 is 0 Å². The molecule has 0 aliphatic rings. The maximum Gasteiger partial charge on any atom is 0.239 e. The number of amides is 1. The first-order chi connectivity index (χ1) is 11.0. The molecule has 1 aromatic rings. The number of aliphatic imine (C=N–C) groups is 1. The van der Waals surface area contributed by atoms with Gasteiger partial charge in [-0.2, -0.15) is 0 Å². The van der Waals surface area contributed by atoms with Crippen LogP contribution in [0.25, 0.3) is 0 Å². The predicted molar refractivity (Wildman–Crippen MR) is 110 cm³/mol. The van der Waals surface area contributed by atoms with Crippen LogP contribution >= 0.6 is 47.2 Å². The molecule has 0 fully saturated rings. The van der Waals surface area contributed by atoms with Crippen molar-refractivity contribution in [1.29, 1.82) is 0 Å². The molecule has 6 nitrogen and oxygen atoms in total. The molecule has 24 heavy (non-hydrogen) atoms. The fourth-order valence-corrected chi connectivity index (χ4v) is 2.09. The van der Waals surface area contributed by atoms with Crippen molar-refractivity contribution in [3.8, 4) is 0 Å². The first-order valence-electron chi connectivity index (χ1n) is 7.15. The van der Waals surface area contributed by atoms with E-state index in [1.54, 1.807) is 26.3 Å². The van der Waals surface area contributed by atoms with E-state index in [0.29, 0.717) is 29.2 Å². The normalized spacial score (nSPS) is 12.1. The van der Waals surface area contributed by atoms with Crippen LogP contribution in [0.2, 0.25) is 10.0 Å². The molecule has 0 radical (unpaired) electrons. The third kappa shape index (κ3) is 8.36. The van der Waals surface area contributed by atoms with Gasteiger partial charge < -0.3 is 20.7 Å². The number of carbonyl (C=O) groups is 1. The molecule has 0 saturated carbocycles. The van der Waals surface area contributed by atoms with Gasteiger partial charge in [-0.05, 0) is 24.6 Å². The van der Waals surface area contributed by atoms with E-state index in [9.17, 15) is 4.79 Å². The van der Waals surface area contributed by atoms with Crippen molar-refractivity contribution in [2.24, 2.45) is 4.99 Å². The molecular formula is C15H23Cl2IN4O2. The lowest BCUT2D eigenvalue weighted by molar-refractivity contribution is -0.120. The molecule has 0 bridgehead atoms. The van der Waals surface area contributed by atoms with Crippen LogP contribution in [0.3, 0.4) is 0 Å². The minimum absolute atomic E-state index is 0. The summed E-state index contributed by atoms with van der Waals surface area (Å²) in [5.41, 5.74) is 0.965. The molecule has 1 atom stereocenters. The Hall–Kier alpha value is -0.770. The zero-order valence-electron chi connectivity index (χ0n) is 13.9. The van der Waals surface area contributed by atoms with Gasteiger partial charge in [0.1, 0.15) is 0 Å². The van der Waals surface area contributed by atoms with E-state index in [4.69, 9.17) is 27.9 Å². The van der Waals surface area contributed by atoms with Gasteiger partial charge in [-0.25, -0.2) is 0 Å². The van der Waals surface area contributed by atoms with Crippen LogP contribution < -0.4 is 16.0 Å². The summed E-state index contributed by atoms with van der Waals surface area (Å²) >= 11 is 11.9. The van der Waals surface area contributed by atoms with Crippen molar-refractivity contribution in [1.82, 2.24) is 16.0 Å². The third-order valence-corrected chi connectivity index (χ3v) is 3.80. The number of hydrogen-bond donors (Lipinski definition) is 3. The summed E-state index contributed by atoms with van der Waals surface area (Å²) in [5, 5.41) is 9.87. The third-order valence-electron chi connectivity index (χ3n) is 3.07. The monoisotopic (exact) mass is 488 g/mol. The SMILES string of the molecule is CN=C(NCC(=O)NCCOC)NC(C)c1ccc(Cl)c(Cl)c1.I. The first kappa shape index (κ1) is 23.2. The highest BCUT2D eigenvalue weighted by molar-refractivity contribution is 14.0. The molecule has 0 saturated heterocycles. The Labute approximate surface area is 169 Å². The average molecular weight is 489 g/mol. The highest BCUT2D eigenvalue weighted by atomic mass is 127. The fourth-order valence-electron chi connectivity index (χ4n) is 1.78. The Morgan fingerprint density at radius 3 is 2.58 bits per heavy atom. The number of benzene rings is 1. The predicted octanol–water partition coefficient (Wildman–Crippen LogP) is 2.60. The van der Waals surface area contributed by atoms with E-state index in [1.165, 1.54) is 0 Å². The van der Waals surface area contributed by atoms with E-state index in [0.717, 1.165) is 5.56 Å². The zero-order valence-corrected chi connectivity index (χ0v) is 17.7. The van der Waals surface area contributed by atoms with Gasteiger partial charge in [0.15, 0.2) is 5.96 Å². The summed E-state index contributed by atoms with van der Waals surface area (Å²) in [5.74, 6) is 0.387. The topological polar surface area (TPSA) is 74.8 Å². The molecule has 9 heteroatoms. The molecule has 1 rings (SSSR count). The van der Waals surface area contributed by atoms with Gasteiger partial charge >= 0.3 is 0 Å². The molecule has 0 spiro atoms. The van der Waals surface area contributed by atoms with Gasteiger partial charge in [0.05, 0.1) is 29.2 Å². The van der Waals surface area contributed by atoms with Crippen LogP contribution in [0.4, 0.5) is 0 Å². The van der Waals surface area contributed by atoms with Crippen LogP contribution in [0.5, 0.6) is 0 Å².